The number of rotatable bonds is 7. The van der Waals surface area contributed by atoms with Gasteiger partial charge in [0.1, 0.15) is 17.8 Å². The van der Waals surface area contributed by atoms with Gasteiger partial charge in [-0.3, -0.25) is 0 Å². The van der Waals surface area contributed by atoms with Gasteiger partial charge < -0.3 is 15.2 Å². The fourth-order valence-corrected chi connectivity index (χ4v) is 5.04. The largest absolute Gasteiger partial charge is 0.480 e. The van der Waals surface area contributed by atoms with E-state index in [4.69, 9.17) is 16.3 Å². The lowest BCUT2D eigenvalue weighted by Gasteiger charge is -2.17. The van der Waals surface area contributed by atoms with Gasteiger partial charge in [-0.1, -0.05) is 78.3 Å². The summed E-state index contributed by atoms with van der Waals surface area (Å²) in [6.07, 6.45) is -0.828. The number of aryl methyl sites for hydroxylation is 1. The van der Waals surface area contributed by atoms with Gasteiger partial charge in [0.2, 0.25) is 0 Å². The number of hydrogen-bond donors (Lipinski definition) is 2. The van der Waals surface area contributed by atoms with Gasteiger partial charge in [-0.25, -0.2) is 14.3 Å². The van der Waals surface area contributed by atoms with Gasteiger partial charge in [0.15, 0.2) is 0 Å². The smallest absolute Gasteiger partial charge is 0.407 e. The molecule has 0 fully saturated rings. The molecule has 0 spiro atoms. The molecule has 4 aromatic rings. The SMILES string of the molecule is Cc1nn(-c2ccccc2)c(Cl)c1CC(NC(=O)OCC1c2ccccc2-c2ccccc21)C(=O)O. The monoisotopic (exact) mass is 501 g/mol. The maximum absolute atomic E-state index is 12.7. The lowest BCUT2D eigenvalue weighted by Crippen LogP contribution is -2.43. The van der Waals surface area contributed by atoms with Gasteiger partial charge in [-0.05, 0) is 41.3 Å². The number of nitrogens with one attached hydrogen (secondary N) is 1. The number of aliphatic carboxylic acids is 1. The number of halogens is 1. The van der Waals surface area contributed by atoms with Crippen LogP contribution in [0.25, 0.3) is 16.8 Å². The molecular formula is C28H24ClN3O4. The maximum atomic E-state index is 12.7. The summed E-state index contributed by atoms with van der Waals surface area (Å²) in [5.74, 6) is -1.31. The van der Waals surface area contributed by atoms with E-state index in [0.717, 1.165) is 27.9 Å². The first-order chi connectivity index (χ1) is 17.4. The number of aromatic nitrogens is 2. The normalized spacial score (nSPS) is 13.1. The minimum absolute atomic E-state index is 0.0307. The second-order valence-corrected chi connectivity index (χ2v) is 9.02. The van der Waals surface area contributed by atoms with Gasteiger partial charge in [0.25, 0.3) is 0 Å². The van der Waals surface area contributed by atoms with Crippen molar-refractivity contribution in [2.24, 2.45) is 0 Å². The molecule has 8 heteroatoms. The molecule has 1 aliphatic carbocycles. The fraction of sp³-hybridized carbons (Fsp3) is 0.179. The van der Waals surface area contributed by atoms with E-state index in [-0.39, 0.29) is 18.9 Å². The van der Waals surface area contributed by atoms with Crippen LogP contribution >= 0.6 is 11.6 Å². The summed E-state index contributed by atoms with van der Waals surface area (Å²) >= 11 is 6.56. The standard InChI is InChI=1S/C28H24ClN3O4/c1-17-23(26(29)32(31-17)18-9-3-2-4-10-18)15-25(27(33)34)30-28(35)36-16-24-21-13-7-5-11-19(21)20-12-6-8-14-22(20)24/h2-14,24-25H,15-16H2,1H3,(H,30,35)(H,33,34). The van der Waals surface area contributed by atoms with E-state index in [1.165, 1.54) is 0 Å². The Bertz CT molecular complexity index is 1390. The Labute approximate surface area is 213 Å². The molecule has 1 heterocycles. The van der Waals surface area contributed by atoms with Crippen LogP contribution in [0, 0.1) is 6.92 Å². The quantitative estimate of drug-likeness (QED) is 0.355. The van der Waals surface area contributed by atoms with E-state index in [2.05, 4.69) is 22.5 Å². The van der Waals surface area contributed by atoms with Crippen LogP contribution < -0.4 is 5.32 Å². The average molecular weight is 502 g/mol. The van der Waals surface area contributed by atoms with Gasteiger partial charge in [-0.2, -0.15) is 5.10 Å². The van der Waals surface area contributed by atoms with Crippen LogP contribution in [0.2, 0.25) is 5.15 Å². The highest BCUT2D eigenvalue weighted by Crippen LogP contribution is 2.44. The Morgan fingerprint density at radius 2 is 1.58 bits per heavy atom. The number of carbonyl (C=O) groups excluding carboxylic acids is 1. The number of alkyl carbamates (subject to hydrolysis) is 1. The van der Waals surface area contributed by atoms with E-state index in [0.29, 0.717) is 16.4 Å². The molecule has 1 aromatic heterocycles. The molecule has 5 rings (SSSR count). The van der Waals surface area contributed by atoms with E-state index in [9.17, 15) is 14.7 Å². The molecule has 0 bridgehead atoms. The molecule has 1 unspecified atom stereocenters. The third-order valence-electron chi connectivity index (χ3n) is 6.46. The van der Waals surface area contributed by atoms with E-state index < -0.39 is 18.1 Å². The highest BCUT2D eigenvalue weighted by molar-refractivity contribution is 6.30. The van der Waals surface area contributed by atoms with Crippen molar-refractivity contribution >= 4 is 23.7 Å². The molecule has 36 heavy (non-hydrogen) atoms. The Kier molecular flexibility index (Phi) is 6.48. The highest BCUT2D eigenvalue weighted by Gasteiger charge is 2.30. The minimum Gasteiger partial charge on any atom is -0.480 e. The molecule has 3 aromatic carbocycles. The van der Waals surface area contributed by atoms with Crippen LogP contribution in [-0.4, -0.2) is 39.6 Å². The summed E-state index contributed by atoms with van der Waals surface area (Å²) in [7, 11) is 0. The number of para-hydroxylation sites is 1. The summed E-state index contributed by atoms with van der Waals surface area (Å²) in [5, 5.41) is 17.0. The van der Waals surface area contributed by atoms with Crippen molar-refractivity contribution in [3.05, 3.63) is 106 Å². The van der Waals surface area contributed by atoms with Crippen molar-refractivity contribution < 1.29 is 19.4 Å². The van der Waals surface area contributed by atoms with Gasteiger partial charge in [-0.15, -0.1) is 0 Å². The molecule has 2 N–H and O–H groups in total. The lowest BCUT2D eigenvalue weighted by molar-refractivity contribution is -0.139. The Balaban J connectivity index is 1.29. The van der Waals surface area contributed by atoms with Gasteiger partial charge in [0, 0.05) is 17.9 Å². The van der Waals surface area contributed by atoms with Crippen molar-refractivity contribution in [1.29, 1.82) is 0 Å². The molecule has 182 valence electrons. The predicted molar refractivity (Wildman–Crippen MR) is 137 cm³/mol. The van der Waals surface area contributed by atoms with Crippen molar-refractivity contribution in [3.63, 3.8) is 0 Å². The Morgan fingerprint density at radius 1 is 1.00 bits per heavy atom. The van der Waals surface area contributed by atoms with Crippen molar-refractivity contribution in [2.75, 3.05) is 6.61 Å². The Hall–Kier alpha value is -4.10. The van der Waals surface area contributed by atoms with Crippen LogP contribution in [0.4, 0.5) is 4.79 Å². The van der Waals surface area contributed by atoms with Crippen LogP contribution in [0.1, 0.15) is 28.3 Å². The topological polar surface area (TPSA) is 93.5 Å². The molecule has 0 radical (unpaired) electrons. The molecule has 1 atom stereocenters. The van der Waals surface area contributed by atoms with Gasteiger partial charge >= 0.3 is 12.1 Å². The second kappa shape index (κ2) is 9.87. The van der Waals surface area contributed by atoms with Crippen molar-refractivity contribution in [2.45, 2.75) is 25.3 Å². The zero-order valence-electron chi connectivity index (χ0n) is 19.5. The predicted octanol–water partition coefficient (Wildman–Crippen LogP) is 5.37. The zero-order valence-corrected chi connectivity index (χ0v) is 20.3. The molecular weight excluding hydrogens is 478 g/mol. The van der Waals surface area contributed by atoms with Crippen LogP contribution in [0.15, 0.2) is 78.9 Å². The third-order valence-corrected chi connectivity index (χ3v) is 6.85. The first-order valence-electron chi connectivity index (χ1n) is 11.6. The summed E-state index contributed by atoms with van der Waals surface area (Å²) in [4.78, 5) is 24.7. The van der Waals surface area contributed by atoms with Crippen LogP contribution in [0.5, 0.6) is 0 Å². The third kappa shape index (κ3) is 4.45. The molecule has 0 saturated carbocycles. The van der Waals surface area contributed by atoms with Crippen molar-refractivity contribution in [1.82, 2.24) is 15.1 Å². The molecule has 1 aliphatic rings. The number of fused-ring (bicyclic) bond motifs is 3. The van der Waals surface area contributed by atoms with E-state index in [1.807, 2.05) is 66.7 Å². The molecule has 1 amide bonds. The van der Waals surface area contributed by atoms with E-state index in [1.54, 1.807) is 11.6 Å². The summed E-state index contributed by atoms with van der Waals surface area (Å²) < 4.78 is 7.08. The molecule has 7 nitrogen and oxygen atoms in total. The number of amides is 1. The van der Waals surface area contributed by atoms with E-state index >= 15 is 0 Å². The minimum atomic E-state index is -1.23. The number of hydrogen-bond acceptors (Lipinski definition) is 4. The number of carbonyl (C=O) groups is 2. The van der Waals surface area contributed by atoms with Crippen molar-refractivity contribution in [3.8, 4) is 16.8 Å². The Morgan fingerprint density at radius 3 is 2.19 bits per heavy atom. The molecule has 0 saturated heterocycles. The lowest BCUT2D eigenvalue weighted by atomic mass is 9.98. The van der Waals surface area contributed by atoms with Gasteiger partial charge in [0.05, 0.1) is 11.4 Å². The number of ether oxygens (including phenoxy) is 1. The fourth-order valence-electron chi connectivity index (χ4n) is 4.69. The maximum Gasteiger partial charge on any atom is 0.407 e. The summed E-state index contributed by atoms with van der Waals surface area (Å²) in [5.41, 5.74) is 6.29. The average Bonchev–Trinajstić information content (AvgIpc) is 3.36. The molecule has 0 aliphatic heterocycles. The van der Waals surface area contributed by atoms with Crippen LogP contribution in [0.3, 0.4) is 0 Å². The summed E-state index contributed by atoms with van der Waals surface area (Å²) in [6.45, 7) is 1.85. The number of carboxylic acid groups (broad SMARTS) is 1. The number of carboxylic acids is 1. The second-order valence-electron chi connectivity index (χ2n) is 8.67. The zero-order chi connectivity index (χ0) is 25.2. The summed E-state index contributed by atoms with van der Waals surface area (Å²) in [6, 6.07) is 24.1. The number of nitrogens with zero attached hydrogens (tertiary/aromatic N) is 2. The highest BCUT2D eigenvalue weighted by atomic mass is 35.5. The first-order valence-corrected chi connectivity index (χ1v) is 12.0. The number of benzene rings is 3. The van der Waals surface area contributed by atoms with Crippen LogP contribution in [-0.2, 0) is 16.0 Å². The first kappa shape index (κ1) is 23.6.